The van der Waals surface area contributed by atoms with Gasteiger partial charge in [0.2, 0.25) is 0 Å². The van der Waals surface area contributed by atoms with Crippen molar-refractivity contribution in [3.63, 3.8) is 0 Å². The van der Waals surface area contributed by atoms with Crippen LogP contribution < -0.4 is 5.32 Å². The van der Waals surface area contributed by atoms with Gasteiger partial charge in [0.25, 0.3) is 0 Å². The van der Waals surface area contributed by atoms with Crippen molar-refractivity contribution in [2.24, 2.45) is 0 Å². The molecule has 6 heteroatoms. The van der Waals surface area contributed by atoms with Gasteiger partial charge in [0, 0.05) is 37.8 Å². The molecule has 0 saturated carbocycles. The Morgan fingerprint density at radius 1 is 1.40 bits per heavy atom. The summed E-state index contributed by atoms with van der Waals surface area (Å²) in [5.74, 6) is 0.434. The molecule has 0 fully saturated rings. The second kappa shape index (κ2) is 5.87. The molecule has 15 heavy (non-hydrogen) atoms. The first-order chi connectivity index (χ1) is 7.14. The fourth-order valence-electron chi connectivity index (χ4n) is 1.12. The van der Waals surface area contributed by atoms with Crippen LogP contribution in [0.4, 0.5) is 0 Å². The quantitative estimate of drug-likeness (QED) is 0.666. The van der Waals surface area contributed by atoms with E-state index in [1.807, 2.05) is 10.8 Å². The number of hydrogen-bond donors (Lipinski definition) is 1. The summed E-state index contributed by atoms with van der Waals surface area (Å²) < 4.78 is 24.2. The third-order valence-electron chi connectivity index (χ3n) is 2.14. The van der Waals surface area contributed by atoms with Crippen LogP contribution in [-0.2, 0) is 16.4 Å². The van der Waals surface area contributed by atoms with Crippen LogP contribution in [0.5, 0.6) is 0 Å². The lowest BCUT2D eigenvalue weighted by Gasteiger charge is -2.05. The molecule has 86 valence electrons. The highest BCUT2D eigenvalue weighted by molar-refractivity contribution is 7.91. The van der Waals surface area contributed by atoms with Crippen molar-refractivity contribution in [1.82, 2.24) is 14.9 Å². The molecule has 0 aliphatic carbocycles. The predicted octanol–water partition coefficient (Wildman–Crippen LogP) is -0.0926. The molecule has 0 bridgehead atoms. The molecule has 1 N–H and O–H groups in total. The molecule has 0 aliphatic heterocycles. The molecule has 1 aromatic heterocycles. The lowest BCUT2D eigenvalue weighted by molar-refractivity contribution is 0.583. The number of nitrogens with zero attached hydrogens (tertiary/aromatic N) is 2. The molecule has 1 heterocycles. The second-order valence-corrected chi connectivity index (χ2v) is 5.76. The smallest absolute Gasteiger partial charge is 0.151 e. The average molecular weight is 231 g/mol. The Morgan fingerprint density at radius 3 is 2.80 bits per heavy atom. The van der Waals surface area contributed by atoms with Crippen LogP contribution >= 0.6 is 0 Å². The number of rotatable bonds is 7. The summed E-state index contributed by atoms with van der Waals surface area (Å²) >= 11 is 0. The van der Waals surface area contributed by atoms with Gasteiger partial charge in [-0.3, -0.25) is 0 Å². The molecule has 1 rings (SSSR count). The van der Waals surface area contributed by atoms with Crippen LogP contribution in [0, 0.1) is 0 Å². The van der Waals surface area contributed by atoms with Crippen LogP contribution in [0.2, 0.25) is 0 Å². The largest absolute Gasteiger partial charge is 0.336 e. The van der Waals surface area contributed by atoms with E-state index in [-0.39, 0.29) is 11.5 Å². The maximum Gasteiger partial charge on any atom is 0.151 e. The Kier molecular flexibility index (Phi) is 4.77. The molecule has 0 saturated heterocycles. The van der Waals surface area contributed by atoms with Crippen LogP contribution in [0.1, 0.15) is 6.92 Å². The minimum Gasteiger partial charge on any atom is -0.336 e. The maximum absolute atomic E-state index is 11.1. The Hall–Kier alpha value is -0.880. The number of sulfone groups is 1. The van der Waals surface area contributed by atoms with E-state index in [0.29, 0.717) is 6.54 Å². The second-order valence-electron chi connectivity index (χ2n) is 3.29. The van der Waals surface area contributed by atoms with Crippen molar-refractivity contribution in [1.29, 1.82) is 0 Å². The van der Waals surface area contributed by atoms with Gasteiger partial charge in [-0.25, -0.2) is 13.4 Å². The Morgan fingerprint density at radius 2 is 2.20 bits per heavy atom. The molecule has 1 aromatic rings. The lowest BCUT2D eigenvalue weighted by Crippen LogP contribution is -2.26. The zero-order chi connectivity index (χ0) is 11.1. The maximum atomic E-state index is 11.1. The van der Waals surface area contributed by atoms with Crippen LogP contribution in [0.15, 0.2) is 18.7 Å². The minimum absolute atomic E-state index is 0.216. The summed E-state index contributed by atoms with van der Waals surface area (Å²) in [6, 6.07) is 0. The van der Waals surface area contributed by atoms with Crippen LogP contribution in [-0.4, -0.2) is 42.6 Å². The highest BCUT2D eigenvalue weighted by Gasteiger charge is 2.05. The number of nitrogens with one attached hydrogen (secondary N) is 1. The highest BCUT2D eigenvalue weighted by atomic mass is 32.2. The summed E-state index contributed by atoms with van der Waals surface area (Å²) in [6.45, 7) is 3.76. The van der Waals surface area contributed by atoms with E-state index in [9.17, 15) is 8.42 Å². The summed E-state index contributed by atoms with van der Waals surface area (Å²) in [7, 11) is -2.84. The molecule has 0 atom stereocenters. The third kappa shape index (κ3) is 4.94. The topological polar surface area (TPSA) is 64.0 Å². The van der Waals surface area contributed by atoms with Gasteiger partial charge < -0.3 is 9.88 Å². The van der Waals surface area contributed by atoms with E-state index in [1.165, 1.54) is 0 Å². The number of aromatic nitrogens is 2. The summed E-state index contributed by atoms with van der Waals surface area (Å²) in [5, 5.41) is 3.09. The molecular weight excluding hydrogens is 214 g/mol. The predicted molar refractivity (Wildman–Crippen MR) is 59.4 cm³/mol. The fourth-order valence-corrected chi connectivity index (χ4v) is 1.87. The van der Waals surface area contributed by atoms with Crippen molar-refractivity contribution in [3.05, 3.63) is 18.7 Å². The lowest BCUT2D eigenvalue weighted by atomic mass is 10.6. The summed E-state index contributed by atoms with van der Waals surface area (Å²) in [4.78, 5) is 3.91. The van der Waals surface area contributed by atoms with E-state index < -0.39 is 9.84 Å². The van der Waals surface area contributed by atoms with Crippen molar-refractivity contribution in [2.45, 2.75) is 13.5 Å². The first kappa shape index (κ1) is 12.2. The molecule has 0 aromatic carbocycles. The molecule has 0 spiro atoms. The highest BCUT2D eigenvalue weighted by Crippen LogP contribution is 1.87. The van der Waals surface area contributed by atoms with Gasteiger partial charge in [0.15, 0.2) is 9.84 Å². The Balaban J connectivity index is 2.08. The Labute approximate surface area is 90.4 Å². The van der Waals surface area contributed by atoms with Gasteiger partial charge in [0.05, 0.1) is 12.1 Å². The number of hydrogen-bond acceptors (Lipinski definition) is 4. The van der Waals surface area contributed by atoms with Gasteiger partial charge in [0.1, 0.15) is 0 Å². The third-order valence-corrected chi connectivity index (χ3v) is 3.84. The molecule has 5 nitrogen and oxygen atoms in total. The fraction of sp³-hybridized carbons (Fsp3) is 0.667. The van der Waals surface area contributed by atoms with E-state index in [2.05, 4.69) is 10.3 Å². The summed E-state index contributed by atoms with van der Waals surface area (Å²) in [6.07, 6.45) is 5.34. The van der Waals surface area contributed by atoms with E-state index >= 15 is 0 Å². The van der Waals surface area contributed by atoms with Crippen molar-refractivity contribution in [2.75, 3.05) is 24.6 Å². The van der Waals surface area contributed by atoms with E-state index in [1.54, 1.807) is 19.4 Å². The van der Waals surface area contributed by atoms with E-state index in [0.717, 1.165) is 13.1 Å². The van der Waals surface area contributed by atoms with Gasteiger partial charge >= 0.3 is 0 Å². The standard InChI is InChI=1S/C9H17N3O2S/c1-2-15(13,14)8-5-10-3-6-12-7-4-11-9-12/h4,7,9-10H,2-3,5-6,8H2,1H3. The molecule has 0 aliphatic rings. The first-order valence-corrected chi connectivity index (χ1v) is 6.83. The van der Waals surface area contributed by atoms with Crippen molar-refractivity contribution in [3.8, 4) is 0 Å². The SMILES string of the molecule is CCS(=O)(=O)CCNCCn1ccnc1. The van der Waals surface area contributed by atoms with Gasteiger partial charge in [-0.05, 0) is 0 Å². The zero-order valence-electron chi connectivity index (χ0n) is 8.89. The monoisotopic (exact) mass is 231 g/mol. The molecular formula is C9H17N3O2S. The van der Waals surface area contributed by atoms with Crippen LogP contribution in [0.3, 0.4) is 0 Å². The van der Waals surface area contributed by atoms with Gasteiger partial charge in [-0.2, -0.15) is 0 Å². The van der Waals surface area contributed by atoms with E-state index in [4.69, 9.17) is 0 Å². The van der Waals surface area contributed by atoms with Crippen LogP contribution in [0.25, 0.3) is 0 Å². The number of imidazole rings is 1. The first-order valence-electron chi connectivity index (χ1n) is 5.01. The molecule has 0 unspecified atom stereocenters. The summed E-state index contributed by atoms with van der Waals surface area (Å²) in [5.41, 5.74) is 0. The molecule has 0 amide bonds. The minimum atomic E-state index is -2.84. The normalized spacial score (nSPS) is 11.8. The molecule has 0 radical (unpaired) electrons. The van der Waals surface area contributed by atoms with Crippen molar-refractivity contribution >= 4 is 9.84 Å². The van der Waals surface area contributed by atoms with Gasteiger partial charge in [-0.1, -0.05) is 6.92 Å². The van der Waals surface area contributed by atoms with Crippen molar-refractivity contribution < 1.29 is 8.42 Å². The Bertz CT molecular complexity index is 359. The van der Waals surface area contributed by atoms with Gasteiger partial charge in [-0.15, -0.1) is 0 Å². The average Bonchev–Trinajstić information content (AvgIpc) is 2.70. The zero-order valence-corrected chi connectivity index (χ0v) is 9.70.